The van der Waals surface area contributed by atoms with Gasteiger partial charge in [-0.3, -0.25) is 4.79 Å². The summed E-state index contributed by atoms with van der Waals surface area (Å²) in [7, 11) is 0. The van der Waals surface area contributed by atoms with Gasteiger partial charge in [0.05, 0.1) is 0 Å². The molecule has 0 unspecified atom stereocenters. The zero-order chi connectivity index (χ0) is 23.4. The molecule has 33 heavy (non-hydrogen) atoms. The summed E-state index contributed by atoms with van der Waals surface area (Å²) in [6.45, 7) is 2.47. The van der Waals surface area contributed by atoms with Crippen LogP contribution in [0.2, 0.25) is 0 Å². The van der Waals surface area contributed by atoms with Crippen LogP contribution in [0.5, 0.6) is 0 Å². The van der Waals surface area contributed by atoms with E-state index < -0.39 is 24.1 Å². The molecule has 0 bridgehead atoms. The number of nitrogens with zero attached hydrogens (tertiary/aromatic N) is 1. The highest BCUT2D eigenvalue weighted by atomic mass is 16.5. The Morgan fingerprint density at radius 3 is 2.30 bits per heavy atom. The van der Waals surface area contributed by atoms with Crippen molar-refractivity contribution >= 4 is 18.0 Å². The van der Waals surface area contributed by atoms with E-state index in [4.69, 9.17) is 4.74 Å². The van der Waals surface area contributed by atoms with Crippen LogP contribution in [0.15, 0.2) is 48.5 Å². The maximum Gasteiger partial charge on any atom is 0.407 e. The Bertz CT molecular complexity index is 991. The molecule has 0 saturated carbocycles. The molecule has 2 N–H and O–H groups in total. The van der Waals surface area contributed by atoms with Crippen LogP contribution < -0.4 is 5.32 Å². The molecule has 1 fully saturated rings. The van der Waals surface area contributed by atoms with Crippen molar-refractivity contribution in [1.82, 2.24) is 10.2 Å². The number of likely N-dealkylation sites (tertiary alicyclic amines) is 1. The highest BCUT2D eigenvalue weighted by molar-refractivity contribution is 5.89. The first kappa shape index (κ1) is 22.8. The van der Waals surface area contributed by atoms with Gasteiger partial charge in [0, 0.05) is 12.5 Å². The second-order valence-corrected chi connectivity index (χ2v) is 8.69. The summed E-state index contributed by atoms with van der Waals surface area (Å²) in [5.41, 5.74) is 4.52. The number of hydrogen-bond donors (Lipinski definition) is 2. The molecule has 2 aliphatic rings. The van der Waals surface area contributed by atoms with Gasteiger partial charge in [-0.1, -0.05) is 61.9 Å². The minimum Gasteiger partial charge on any atom is -0.480 e. The monoisotopic (exact) mass is 450 g/mol. The number of fused-ring (bicyclic) bond motifs is 3. The number of piperidine rings is 1. The summed E-state index contributed by atoms with van der Waals surface area (Å²) < 4.78 is 5.59. The molecule has 2 aromatic rings. The lowest BCUT2D eigenvalue weighted by Gasteiger charge is -2.35. The molecule has 4 rings (SSSR count). The fraction of sp³-hybridized carbons (Fsp3) is 0.423. The normalized spacial score (nSPS) is 18.2. The Kier molecular flexibility index (Phi) is 6.96. The maximum absolute atomic E-state index is 13.1. The van der Waals surface area contributed by atoms with Crippen LogP contribution in [0.4, 0.5) is 4.79 Å². The quantitative estimate of drug-likeness (QED) is 0.660. The third kappa shape index (κ3) is 4.72. The standard InChI is InChI=1S/C26H30N2O5/c1-2-9-22(24(29)28-15-8-7-14-23(28)25(30)31)27-26(32)33-16-21-19-12-5-3-10-17(19)18-11-4-6-13-20(18)21/h3-6,10-13,21-23H,2,7-9,14-16H2,1H3,(H,27,32)(H,30,31)/t22-,23-/m0/s1. The summed E-state index contributed by atoms with van der Waals surface area (Å²) >= 11 is 0. The third-order valence-electron chi connectivity index (χ3n) is 6.58. The lowest BCUT2D eigenvalue weighted by atomic mass is 9.98. The fourth-order valence-corrected chi connectivity index (χ4v) is 4.98. The number of amides is 2. The van der Waals surface area contributed by atoms with Gasteiger partial charge in [0.25, 0.3) is 0 Å². The number of carbonyl (C=O) groups is 3. The summed E-state index contributed by atoms with van der Waals surface area (Å²) in [5.74, 6) is -1.42. The predicted octanol–water partition coefficient (Wildman–Crippen LogP) is 4.16. The van der Waals surface area contributed by atoms with E-state index in [1.54, 1.807) is 0 Å². The van der Waals surface area contributed by atoms with Crippen molar-refractivity contribution in [3.63, 3.8) is 0 Å². The van der Waals surface area contributed by atoms with Crippen LogP contribution in [0.3, 0.4) is 0 Å². The van der Waals surface area contributed by atoms with Crippen molar-refractivity contribution in [2.45, 2.75) is 57.0 Å². The smallest absolute Gasteiger partial charge is 0.407 e. The molecule has 1 saturated heterocycles. The molecule has 7 nitrogen and oxygen atoms in total. The van der Waals surface area contributed by atoms with Crippen molar-refractivity contribution in [3.05, 3.63) is 59.7 Å². The molecule has 2 amide bonds. The first-order valence-electron chi connectivity index (χ1n) is 11.7. The number of nitrogens with one attached hydrogen (secondary N) is 1. The number of alkyl carbamates (subject to hydrolysis) is 1. The van der Waals surface area contributed by atoms with Gasteiger partial charge >= 0.3 is 12.1 Å². The minimum absolute atomic E-state index is 0.0676. The van der Waals surface area contributed by atoms with Crippen LogP contribution in [0.1, 0.15) is 56.1 Å². The number of carboxylic acids is 1. The lowest BCUT2D eigenvalue weighted by Crippen LogP contribution is -2.55. The average molecular weight is 451 g/mol. The van der Waals surface area contributed by atoms with Crippen LogP contribution in [-0.4, -0.2) is 53.2 Å². The van der Waals surface area contributed by atoms with Gasteiger partial charge in [-0.05, 0) is 47.9 Å². The van der Waals surface area contributed by atoms with Gasteiger partial charge < -0.3 is 20.1 Å². The summed E-state index contributed by atoms with van der Waals surface area (Å²) in [5, 5.41) is 12.2. The molecule has 7 heteroatoms. The van der Waals surface area contributed by atoms with Crippen molar-refractivity contribution in [3.8, 4) is 11.1 Å². The van der Waals surface area contributed by atoms with E-state index in [2.05, 4.69) is 17.4 Å². The van der Waals surface area contributed by atoms with Crippen LogP contribution >= 0.6 is 0 Å². The molecule has 174 valence electrons. The van der Waals surface area contributed by atoms with E-state index in [0.29, 0.717) is 25.8 Å². The number of rotatable bonds is 7. The maximum atomic E-state index is 13.1. The van der Waals surface area contributed by atoms with E-state index in [0.717, 1.165) is 35.1 Å². The molecule has 1 aliphatic carbocycles. The second-order valence-electron chi connectivity index (χ2n) is 8.69. The number of aliphatic carboxylic acids is 1. The van der Waals surface area contributed by atoms with Crippen LogP contribution in [0.25, 0.3) is 11.1 Å². The zero-order valence-corrected chi connectivity index (χ0v) is 18.8. The fourth-order valence-electron chi connectivity index (χ4n) is 4.98. The Labute approximate surface area is 193 Å². The molecule has 0 aromatic heterocycles. The molecular weight excluding hydrogens is 420 g/mol. The van der Waals surface area contributed by atoms with Gasteiger partial charge in [-0.15, -0.1) is 0 Å². The molecule has 1 heterocycles. The van der Waals surface area contributed by atoms with E-state index in [1.165, 1.54) is 4.90 Å². The topological polar surface area (TPSA) is 95.9 Å². The van der Waals surface area contributed by atoms with E-state index in [-0.39, 0.29) is 18.4 Å². The van der Waals surface area contributed by atoms with E-state index in [1.807, 2.05) is 43.3 Å². The summed E-state index contributed by atoms with van der Waals surface area (Å²) in [6.07, 6.45) is 2.41. The Morgan fingerprint density at radius 1 is 1.06 bits per heavy atom. The predicted molar refractivity (Wildman–Crippen MR) is 124 cm³/mol. The molecule has 0 radical (unpaired) electrons. The van der Waals surface area contributed by atoms with Crippen molar-refractivity contribution in [2.75, 3.05) is 13.2 Å². The molecule has 2 atom stereocenters. The lowest BCUT2D eigenvalue weighted by molar-refractivity contribution is -0.153. The summed E-state index contributed by atoms with van der Waals surface area (Å²) in [4.78, 5) is 38.8. The number of carboxylic acid groups (broad SMARTS) is 1. The SMILES string of the molecule is CCC[C@H](NC(=O)OCC1c2ccccc2-c2ccccc21)C(=O)N1CCCC[C@H]1C(=O)O. The highest BCUT2D eigenvalue weighted by Crippen LogP contribution is 2.44. The number of hydrogen-bond acceptors (Lipinski definition) is 4. The first-order valence-corrected chi connectivity index (χ1v) is 11.7. The van der Waals surface area contributed by atoms with Crippen molar-refractivity contribution in [1.29, 1.82) is 0 Å². The number of ether oxygens (including phenoxy) is 1. The van der Waals surface area contributed by atoms with E-state index >= 15 is 0 Å². The van der Waals surface area contributed by atoms with Crippen LogP contribution in [-0.2, 0) is 14.3 Å². The van der Waals surface area contributed by atoms with Gasteiger partial charge in [0.15, 0.2) is 0 Å². The van der Waals surface area contributed by atoms with Gasteiger partial charge in [-0.25, -0.2) is 9.59 Å². The second kappa shape index (κ2) is 10.1. The Balaban J connectivity index is 1.43. The van der Waals surface area contributed by atoms with Crippen molar-refractivity contribution < 1.29 is 24.2 Å². The first-order chi connectivity index (χ1) is 16.0. The Morgan fingerprint density at radius 2 is 1.70 bits per heavy atom. The molecule has 0 spiro atoms. The van der Waals surface area contributed by atoms with Crippen molar-refractivity contribution in [2.24, 2.45) is 0 Å². The number of benzene rings is 2. The summed E-state index contributed by atoms with van der Waals surface area (Å²) in [6, 6.07) is 14.6. The third-order valence-corrected chi connectivity index (χ3v) is 6.58. The largest absolute Gasteiger partial charge is 0.480 e. The van der Waals surface area contributed by atoms with Gasteiger partial charge in [0.2, 0.25) is 5.91 Å². The van der Waals surface area contributed by atoms with E-state index in [9.17, 15) is 19.5 Å². The Hall–Kier alpha value is -3.35. The zero-order valence-electron chi connectivity index (χ0n) is 18.8. The average Bonchev–Trinajstić information content (AvgIpc) is 3.15. The number of carbonyl (C=O) groups excluding carboxylic acids is 2. The minimum atomic E-state index is -1.00. The highest BCUT2D eigenvalue weighted by Gasteiger charge is 2.36. The van der Waals surface area contributed by atoms with Gasteiger partial charge in [-0.2, -0.15) is 0 Å². The van der Waals surface area contributed by atoms with Gasteiger partial charge in [0.1, 0.15) is 18.7 Å². The van der Waals surface area contributed by atoms with Crippen LogP contribution in [0, 0.1) is 0 Å². The molecule has 2 aromatic carbocycles. The molecular formula is C26H30N2O5. The molecule has 1 aliphatic heterocycles.